The molecule has 0 aliphatic rings. The van der Waals surface area contributed by atoms with E-state index in [1.807, 2.05) is 0 Å². The molecule has 0 aliphatic carbocycles. The van der Waals surface area contributed by atoms with Crippen LogP contribution < -0.4 is 5.73 Å². The average Bonchev–Trinajstić information content (AvgIpc) is 2.74. The lowest BCUT2D eigenvalue weighted by atomic mass is 10.1. The van der Waals surface area contributed by atoms with E-state index in [1.165, 1.54) is 11.1 Å². The van der Waals surface area contributed by atoms with E-state index < -0.39 is 0 Å². The third-order valence-corrected chi connectivity index (χ3v) is 3.40. The molecule has 2 aromatic rings. The summed E-state index contributed by atoms with van der Waals surface area (Å²) in [5, 5.41) is 12.6. The summed E-state index contributed by atoms with van der Waals surface area (Å²) in [6.45, 7) is 5.01. The third-order valence-electron chi connectivity index (χ3n) is 2.40. The van der Waals surface area contributed by atoms with Gasteiger partial charge < -0.3 is 5.73 Å². The van der Waals surface area contributed by atoms with Crippen LogP contribution in [0.15, 0.2) is 23.4 Å². The van der Waals surface area contributed by atoms with Crippen LogP contribution in [0.3, 0.4) is 0 Å². The summed E-state index contributed by atoms with van der Waals surface area (Å²) in [5.74, 6) is 0.922. The van der Waals surface area contributed by atoms with E-state index in [1.54, 1.807) is 16.4 Å². The van der Waals surface area contributed by atoms with E-state index in [-0.39, 0.29) is 0 Å². The van der Waals surface area contributed by atoms with Crippen molar-refractivity contribution in [1.82, 2.24) is 20.2 Å². The molecule has 0 bridgehead atoms. The Labute approximate surface area is 104 Å². The normalized spacial score (nSPS) is 10.8. The Morgan fingerprint density at radius 3 is 2.88 bits per heavy atom. The Balaban J connectivity index is 2.35. The molecule has 6 heteroatoms. The molecule has 0 radical (unpaired) electrons. The Kier molecular flexibility index (Phi) is 3.75. The maximum Gasteiger partial charge on any atom is 0.214 e. The van der Waals surface area contributed by atoms with Gasteiger partial charge in [-0.1, -0.05) is 29.5 Å². The average molecular weight is 250 g/mol. The highest BCUT2D eigenvalue weighted by molar-refractivity contribution is 7.99. The van der Waals surface area contributed by atoms with Crippen molar-refractivity contribution in [3.05, 3.63) is 29.3 Å². The number of benzene rings is 1. The second kappa shape index (κ2) is 5.29. The maximum atomic E-state index is 4.04. The molecule has 0 aliphatic heterocycles. The standard InChI is InChI=1S/C11H15N5S/c1-8-3-4-10(9(2)7-8)16-11(13-14-15-16)17-6-5-12/h3-4,7H,5-6,12H2,1-2H3/p+1. The lowest BCUT2D eigenvalue weighted by Crippen LogP contribution is -2.51. The molecule has 1 heterocycles. The number of nitrogens with zero attached hydrogens (tertiary/aromatic N) is 4. The summed E-state index contributed by atoms with van der Waals surface area (Å²) in [7, 11) is 0. The first kappa shape index (κ1) is 12.1. The van der Waals surface area contributed by atoms with Crippen LogP contribution in [0.4, 0.5) is 0 Å². The van der Waals surface area contributed by atoms with Crippen molar-refractivity contribution in [3.63, 3.8) is 0 Å². The molecular formula is C11H16N5S+. The lowest BCUT2D eigenvalue weighted by Gasteiger charge is -2.07. The van der Waals surface area contributed by atoms with Crippen molar-refractivity contribution in [1.29, 1.82) is 0 Å². The fourth-order valence-electron chi connectivity index (χ4n) is 1.63. The molecule has 0 saturated heterocycles. The van der Waals surface area contributed by atoms with Gasteiger partial charge in [0, 0.05) is 0 Å². The minimum absolute atomic E-state index is 0.820. The molecule has 1 aromatic heterocycles. The van der Waals surface area contributed by atoms with Crippen molar-refractivity contribution < 1.29 is 5.73 Å². The van der Waals surface area contributed by atoms with Gasteiger partial charge in [0.1, 0.15) is 0 Å². The fraction of sp³-hybridized carbons (Fsp3) is 0.364. The Hall–Kier alpha value is -1.40. The quantitative estimate of drug-likeness (QED) is 0.807. The topological polar surface area (TPSA) is 71.2 Å². The predicted molar refractivity (Wildman–Crippen MR) is 67.1 cm³/mol. The van der Waals surface area contributed by atoms with Crippen LogP contribution in [0.5, 0.6) is 0 Å². The maximum absolute atomic E-state index is 4.04. The first-order valence-electron chi connectivity index (χ1n) is 5.50. The molecule has 90 valence electrons. The number of tetrazole rings is 1. The van der Waals surface area contributed by atoms with E-state index in [4.69, 9.17) is 0 Å². The molecule has 0 unspecified atom stereocenters. The highest BCUT2D eigenvalue weighted by atomic mass is 32.2. The van der Waals surface area contributed by atoms with Gasteiger partial charge in [-0.25, -0.2) is 0 Å². The van der Waals surface area contributed by atoms with Crippen LogP contribution in [0.1, 0.15) is 11.1 Å². The highest BCUT2D eigenvalue weighted by Gasteiger charge is 2.10. The van der Waals surface area contributed by atoms with Crippen molar-refractivity contribution in [2.75, 3.05) is 12.3 Å². The van der Waals surface area contributed by atoms with Crippen LogP contribution >= 0.6 is 11.8 Å². The van der Waals surface area contributed by atoms with Crippen molar-refractivity contribution in [2.24, 2.45) is 0 Å². The fourth-order valence-corrected chi connectivity index (χ4v) is 2.30. The molecule has 0 amide bonds. The second-order valence-corrected chi connectivity index (χ2v) is 4.93. The number of hydrogen-bond donors (Lipinski definition) is 1. The summed E-state index contributed by atoms with van der Waals surface area (Å²) >= 11 is 1.63. The Morgan fingerprint density at radius 1 is 1.35 bits per heavy atom. The molecule has 17 heavy (non-hydrogen) atoms. The second-order valence-electron chi connectivity index (χ2n) is 3.87. The molecular weight excluding hydrogens is 234 g/mol. The van der Waals surface area contributed by atoms with Crippen molar-refractivity contribution >= 4 is 11.8 Å². The van der Waals surface area contributed by atoms with E-state index in [0.717, 1.165) is 23.1 Å². The van der Waals surface area contributed by atoms with Crippen molar-refractivity contribution in [3.8, 4) is 5.69 Å². The largest absolute Gasteiger partial charge is 0.357 e. The van der Waals surface area contributed by atoms with Crippen LogP contribution in [0.2, 0.25) is 0 Å². The third kappa shape index (κ3) is 2.65. The summed E-state index contributed by atoms with van der Waals surface area (Å²) in [4.78, 5) is 0. The molecule has 0 saturated carbocycles. The molecule has 0 fully saturated rings. The van der Waals surface area contributed by atoms with Crippen LogP contribution in [0, 0.1) is 13.8 Å². The zero-order valence-corrected chi connectivity index (χ0v) is 10.9. The Bertz CT molecular complexity index is 508. The number of thioether (sulfide) groups is 1. The molecule has 2 rings (SSSR count). The zero-order valence-electron chi connectivity index (χ0n) is 10.1. The summed E-state index contributed by atoms with van der Waals surface area (Å²) in [6, 6.07) is 6.25. The summed E-state index contributed by atoms with van der Waals surface area (Å²) in [6.07, 6.45) is 0. The molecule has 5 nitrogen and oxygen atoms in total. The number of rotatable bonds is 4. The monoisotopic (exact) mass is 250 g/mol. The van der Waals surface area contributed by atoms with Gasteiger partial charge in [0.25, 0.3) is 0 Å². The smallest absolute Gasteiger partial charge is 0.214 e. The van der Waals surface area contributed by atoms with Gasteiger partial charge in [-0.05, 0) is 35.9 Å². The van der Waals surface area contributed by atoms with Gasteiger partial charge >= 0.3 is 0 Å². The van der Waals surface area contributed by atoms with E-state index in [2.05, 4.69) is 53.3 Å². The van der Waals surface area contributed by atoms with E-state index in [0.29, 0.717) is 0 Å². The minimum Gasteiger partial charge on any atom is -0.357 e. The van der Waals surface area contributed by atoms with Crippen molar-refractivity contribution in [2.45, 2.75) is 19.0 Å². The number of aromatic nitrogens is 4. The van der Waals surface area contributed by atoms with Gasteiger partial charge in [0.05, 0.1) is 18.0 Å². The SMILES string of the molecule is Cc1ccc(-n2nnnc2SCC[NH3+])c(C)c1. The Morgan fingerprint density at radius 2 is 2.18 bits per heavy atom. The number of quaternary nitrogens is 1. The first-order valence-corrected chi connectivity index (χ1v) is 6.49. The molecule has 0 atom stereocenters. The van der Waals surface area contributed by atoms with Gasteiger partial charge in [-0.3, -0.25) is 0 Å². The van der Waals surface area contributed by atoms with Gasteiger partial charge in [-0.15, -0.1) is 5.10 Å². The zero-order chi connectivity index (χ0) is 12.3. The van der Waals surface area contributed by atoms with Crippen LogP contribution in [-0.4, -0.2) is 32.5 Å². The molecule has 3 N–H and O–H groups in total. The molecule has 1 aromatic carbocycles. The van der Waals surface area contributed by atoms with Gasteiger partial charge in [-0.2, -0.15) is 4.68 Å². The van der Waals surface area contributed by atoms with Crippen LogP contribution in [-0.2, 0) is 0 Å². The van der Waals surface area contributed by atoms with E-state index in [9.17, 15) is 0 Å². The lowest BCUT2D eigenvalue weighted by molar-refractivity contribution is -0.360. The van der Waals surface area contributed by atoms with Gasteiger partial charge in [0.2, 0.25) is 5.16 Å². The minimum atomic E-state index is 0.820. The predicted octanol–water partition coefficient (Wildman–Crippen LogP) is 0.613. The summed E-state index contributed by atoms with van der Waals surface area (Å²) in [5.41, 5.74) is 7.27. The number of aryl methyl sites for hydroxylation is 2. The number of hydrogen-bond acceptors (Lipinski definition) is 4. The summed E-state index contributed by atoms with van der Waals surface area (Å²) < 4.78 is 1.79. The van der Waals surface area contributed by atoms with Gasteiger partial charge in [0.15, 0.2) is 0 Å². The first-order chi connectivity index (χ1) is 8.22. The van der Waals surface area contributed by atoms with Crippen LogP contribution in [0.25, 0.3) is 5.69 Å². The van der Waals surface area contributed by atoms with E-state index >= 15 is 0 Å². The molecule has 0 spiro atoms. The highest BCUT2D eigenvalue weighted by Crippen LogP contribution is 2.20.